The molecule has 138 valence electrons. The zero-order chi connectivity index (χ0) is 19.1. The van der Waals surface area contributed by atoms with Crippen LogP contribution in [0, 0.1) is 5.82 Å². The molecule has 0 atom stereocenters. The predicted octanol–water partition coefficient (Wildman–Crippen LogP) is 6.21. The number of para-hydroxylation sites is 1. The van der Waals surface area contributed by atoms with Gasteiger partial charge in [0.1, 0.15) is 12.4 Å². The fourth-order valence-electron chi connectivity index (χ4n) is 2.51. The van der Waals surface area contributed by atoms with Crippen LogP contribution in [0.15, 0.2) is 71.7 Å². The maximum atomic E-state index is 13.3. The third-order valence-corrected chi connectivity index (χ3v) is 4.00. The molecule has 0 saturated carbocycles. The third-order valence-electron chi connectivity index (χ3n) is 3.72. The van der Waals surface area contributed by atoms with Gasteiger partial charge in [0, 0.05) is 6.21 Å². The van der Waals surface area contributed by atoms with Crippen molar-refractivity contribution >= 4 is 23.5 Å². The summed E-state index contributed by atoms with van der Waals surface area (Å²) in [6, 6.07) is 19.5. The molecule has 3 rings (SSSR count). The number of benzene rings is 3. The minimum atomic E-state index is -0.306. The van der Waals surface area contributed by atoms with E-state index in [-0.39, 0.29) is 12.4 Å². The first-order valence-corrected chi connectivity index (χ1v) is 8.96. The zero-order valence-electron chi connectivity index (χ0n) is 14.9. The van der Waals surface area contributed by atoms with Gasteiger partial charge in [-0.1, -0.05) is 41.9 Å². The number of nitrogens with zero attached hydrogens (tertiary/aromatic N) is 1. The van der Waals surface area contributed by atoms with E-state index in [0.717, 1.165) is 11.3 Å². The molecule has 0 aliphatic heterocycles. The monoisotopic (exact) mass is 383 g/mol. The van der Waals surface area contributed by atoms with E-state index in [1.165, 1.54) is 12.1 Å². The Kier molecular flexibility index (Phi) is 6.44. The lowest BCUT2D eigenvalue weighted by atomic mass is 10.2. The van der Waals surface area contributed by atoms with E-state index in [1.54, 1.807) is 24.4 Å². The second-order valence-electron chi connectivity index (χ2n) is 5.78. The second-order valence-corrected chi connectivity index (χ2v) is 6.18. The molecule has 0 heterocycles. The maximum absolute atomic E-state index is 13.3. The highest BCUT2D eigenvalue weighted by Crippen LogP contribution is 2.37. The number of hydrogen-bond donors (Lipinski definition) is 0. The van der Waals surface area contributed by atoms with E-state index in [0.29, 0.717) is 28.7 Å². The van der Waals surface area contributed by atoms with Gasteiger partial charge in [-0.3, -0.25) is 4.99 Å². The summed E-state index contributed by atoms with van der Waals surface area (Å²) in [4.78, 5) is 4.43. The normalized spacial score (nSPS) is 10.9. The van der Waals surface area contributed by atoms with E-state index < -0.39 is 0 Å². The highest BCUT2D eigenvalue weighted by Gasteiger charge is 2.12. The molecule has 0 amide bonds. The van der Waals surface area contributed by atoms with Crippen LogP contribution in [0.5, 0.6) is 11.5 Å². The van der Waals surface area contributed by atoms with Crippen molar-refractivity contribution in [1.29, 1.82) is 0 Å². The standard InChI is InChI=1S/C22H19ClFNO2/c1-2-26-21-13-17(14-25-19-9-4-3-5-10-19)12-20(23)22(21)27-15-16-7-6-8-18(24)11-16/h3-14H,2,15H2,1H3. The Balaban J connectivity index is 1.82. The van der Waals surface area contributed by atoms with Crippen LogP contribution >= 0.6 is 11.6 Å². The van der Waals surface area contributed by atoms with E-state index in [2.05, 4.69) is 4.99 Å². The summed E-state index contributed by atoms with van der Waals surface area (Å²) in [5.41, 5.74) is 2.35. The van der Waals surface area contributed by atoms with Crippen molar-refractivity contribution in [3.8, 4) is 11.5 Å². The molecule has 0 aliphatic carbocycles. The molecule has 0 fully saturated rings. The number of rotatable bonds is 7. The Hall–Kier alpha value is -2.85. The molecule has 0 aromatic heterocycles. The predicted molar refractivity (Wildman–Crippen MR) is 107 cm³/mol. The van der Waals surface area contributed by atoms with Crippen molar-refractivity contribution in [2.45, 2.75) is 13.5 Å². The minimum absolute atomic E-state index is 0.189. The van der Waals surface area contributed by atoms with Gasteiger partial charge in [0.25, 0.3) is 0 Å². The number of ether oxygens (including phenoxy) is 2. The number of hydrogen-bond acceptors (Lipinski definition) is 3. The Morgan fingerprint density at radius 3 is 2.56 bits per heavy atom. The fourth-order valence-corrected chi connectivity index (χ4v) is 2.78. The van der Waals surface area contributed by atoms with Crippen LogP contribution in [0.4, 0.5) is 10.1 Å². The van der Waals surface area contributed by atoms with Gasteiger partial charge in [-0.15, -0.1) is 0 Å². The first-order chi connectivity index (χ1) is 13.2. The van der Waals surface area contributed by atoms with Crippen molar-refractivity contribution < 1.29 is 13.9 Å². The van der Waals surface area contributed by atoms with Crippen LogP contribution < -0.4 is 9.47 Å². The topological polar surface area (TPSA) is 30.8 Å². The summed E-state index contributed by atoms with van der Waals surface area (Å²) >= 11 is 6.41. The summed E-state index contributed by atoms with van der Waals surface area (Å²) in [6.07, 6.45) is 1.72. The Morgan fingerprint density at radius 1 is 1.00 bits per heavy atom. The average Bonchev–Trinajstić information content (AvgIpc) is 2.67. The van der Waals surface area contributed by atoms with Crippen molar-refractivity contribution in [1.82, 2.24) is 0 Å². The van der Waals surface area contributed by atoms with E-state index in [4.69, 9.17) is 21.1 Å². The maximum Gasteiger partial charge on any atom is 0.180 e. The molecule has 3 nitrogen and oxygen atoms in total. The Bertz CT molecular complexity index is 929. The average molecular weight is 384 g/mol. The van der Waals surface area contributed by atoms with Gasteiger partial charge >= 0.3 is 0 Å². The van der Waals surface area contributed by atoms with Crippen LogP contribution in [-0.4, -0.2) is 12.8 Å². The lowest BCUT2D eigenvalue weighted by Gasteiger charge is -2.14. The SMILES string of the molecule is CCOc1cc(C=Nc2ccccc2)cc(Cl)c1OCc1cccc(F)c1. The molecule has 0 saturated heterocycles. The molecule has 27 heavy (non-hydrogen) atoms. The molecule has 3 aromatic rings. The molecule has 0 N–H and O–H groups in total. The van der Waals surface area contributed by atoms with Gasteiger partial charge in [-0.05, 0) is 54.4 Å². The largest absolute Gasteiger partial charge is 0.490 e. The molecule has 5 heteroatoms. The molecule has 3 aromatic carbocycles. The molecular weight excluding hydrogens is 365 g/mol. The van der Waals surface area contributed by atoms with Gasteiger partial charge < -0.3 is 9.47 Å². The van der Waals surface area contributed by atoms with Gasteiger partial charge in [-0.25, -0.2) is 4.39 Å². The van der Waals surface area contributed by atoms with Gasteiger partial charge in [0.05, 0.1) is 17.3 Å². The van der Waals surface area contributed by atoms with Crippen LogP contribution in [0.1, 0.15) is 18.1 Å². The number of halogens is 2. The molecule has 0 aliphatic rings. The van der Waals surface area contributed by atoms with Crippen molar-refractivity contribution in [3.63, 3.8) is 0 Å². The van der Waals surface area contributed by atoms with Gasteiger partial charge in [-0.2, -0.15) is 0 Å². The summed E-state index contributed by atoms with van der Waals surface area (Å²) in [5.74, 6) is 0.648. The van der Waals surface area contributed by atoms with Gasteiger partial charge in [0.2, 0.25) is 0 Å². The van der Waals surface area contributed by atoms with Crippen LogP contribution in [0.2, 0.25) is 5.02 Å². The zero-order valence-corrected chi connectivity index (χ0v) is 15.6. The molecule has 0 radical (unpaired) electrons. The second kappa shape index (κ2) is 9.19. The minimum Gasteiger partial charge on any atom is -0.490 e. The number of aliphatic imine (C=N–C) groups is 1. The first-order valence-electron chi connectivity index (χ1n) is 8.58. The quantitative estimate of drug-likeness (QED) is 0.454. The highest BCUT2D eigenvalue weighted by atomic mass is 35.5. The smallest absolute Gasteiger partial charge is 0.180 e. The summed E-state index contributed by atoms with van der Waals surface area (Å²) in [5, 5.41) is 0.409. The van der Waals surface area contributed by atoms with Crippen molar-refractivity contribution in [2.75, 3.05) is 6.61 Å². The van der Waals surface area contributed by atoms with Crippen molar-refractivity contribution in [3.05, 3.63) is 88.7 Å². The molecule has 0 spiro atoms. The molecule has 0 bridgehead atoms. The molecule has 0 unspecified atom stereocenters. The third kappa shape index (κ3) is 5.31. The molecular formula is C22H19ClFNO2. The van der Waals surface area contributed by atoms with Crippen molar-refractivity contribution in [2.24, 2.45) is 4.99 Å². The highest BCUT2D eigenvalue weighted by molar-refractivity contribution is 6.32. The van der Waals surface area contributed by atoms with E-state index in [9.17, 15) is 4.39 Å². The van der Waals surface area contributed by atoms with E-state index >= 15 is 0 Å². The lowest BCUT2D eigenvalue weighted by molar-refractivity contribution is 0.269. The first kappa shape index (κ1) is 18.9. The summed E-state index contributed by atoms with van der Waals surface area (Å²) < 4.78 is 24.8. The Labute approximate surface area is 163 Å². The van der Waals surface area contributed by atoms with Crippen LogP contribution in [-0.2, 0) is 6.61 Å². The fraction of sp³-hybridized carbons (Fsp3) is 0.136. The summed E-state index contributed by atoms with van der Waals surface area (Å²) in [7, 11) is 0. The Morgan fingerprint density at radius 2 is 1.81 bits per heavy atom. The lowest BCUT2D eigenvalue weighted by Crippen LogP contribution is -2.01. The van der Waals surface area contributed by atoms with Crippen LogP contribution in [0.3, 0.4) is 0 Å². The van der Waals surface area contributed by atoms with Crippen LogP contribution in [0.25, 0.3) is 0 Å². The van der Waals surface area contributed by atoms with Gasteiger partial charge in [0.15, 0.2) is 11.5 Å². The van der Waals surface area contributed by atoms with E-state index in [1.807, 2.05) is 43.3 Å². The summed E-state index contributed by atoms with van der Waals surface area (Å²) in [6.45, 7) is 2.54.